The lowest BCUT2D eigenvalue weighted by Gasteiger charge is -2.24. The van der Waals surface area contributed by atoms with Gasteiger partial charge in [0.25, 0.3) is 0 Å². The average molecular weight is 348 g/mol. The van der Waals surface area contributed by atoms with Crippen molar-refractivity contribution in [1.29, 1.82) is 0 Å². The van der Waals surface area contributed by atoms with Gasteiger partial charge < -0.3 is 9.64 Å². The summed E-state index contributed by atoms with van der Waals surface area (Å²) in [5.41, 5.74) is 3.65. The van der Waals surface area contributed by atoms with Gasteiger partial charge in [0.1, 0.15) is 12.6 Å². The van der Waals surface area contributed by atoms with Crippen LogP contribution in [0.5, 0.6) is 0 Å². The summed E-state index contributed by atoms with van der Waals surface area (Å²) in [5.74, 6) is -0.146. The van der Waals surface area contributed by atoms with Gasteiger partial charge in [-0.15, -0.1) is 11.6 Å². The van der Waals surface area contributed by atoms with E-state index in [1.165, 1.54) is 21.9 Å². The number of rotatable bonds is 7. The van der Waals surface area contributed by atoms with Gasteiger partial charge in [-0.25, -0.2) is 0 Å². The van der Waals surface area contributed by atoms with Gasteiger partial charge in [-0.3, -0.25) is 4.79 Å². The first kappa shape index (κ1) is 18.8. The smallest absolute Gasteiger partial charge is 0.239 e. The van der Waals surface area contributed by atoms with Crippen molar-refractivity contribution in [3.05, 3.63) is 47.0 Å². The maximum atomic E-state index is 12.1. The monoisotopic (exact) mass is 347 g/mol. The van der Waals surface area contributed by atoms with Crippen LogP contribution in [-0.2, 0) is 22.5 Å². The number of nitrogens with zero attached hydrogens (tertiary/aromatic N) is 1. The van der Waals surface area contributed by atoms with Crippen LogP contribution in [0.25, 0.3) is 10.8 Å². The molecule has 2 aromatic carbocycles. The fourth-order valence-corrected chi connectivity index (χ4v) is 2.93. The number of amides is 1. The number of hydrogen-bond donors (Lipinski definition) is 0. The summed E-state index contributed by atoms with van der Waals surface area (Å²) in [6.45, 7) is 8.94. The van der Waals surface area contributed by atoms with E-state index in [2.05, 4.69) is 44.2 Å². The molecular formula is C20H26ClNO2. The van der Waals surface area contributed by atoms with Crippen molar-refractivity contribution in [3.63, 3.8) is 0 Å². The molecule has 0 aliphatic carbocycles. The van der Waals surface area contributed by atoms with Crippen molar-refractivity contribution < 1.29 is 9.53 Å². The highest BCUT2D eigenvalue weighted by Gasteiger charge is 2.15. The number of carbonyl (C=O) groups is 1. The van der Waals surface area contributed by atoms with E-state index in [9.17, 15) is 4.79 Å². The Bertz CT molecular complexity index is 712. The zero-order valence-corrected chi connectivity index (χ0v) is 15.7. The van der Waals surface area contributed by atoms with Crippen molar-refractivity contribution in [1.82, 2.24) is 4.90 Å². The molecule has 2 rings (SSSR count). The number of benzene rings is 2. The molecule has 3 nitrogen and oxygen atoms in total. The fraction of sp³-hybridized carbons (Fsp3) is 0.450. The predicted octanol–water partition coefficient (Wildman–Crippen LogP) is 4.66. The molecule has 0 radical (unpaired) electrons. The molecule has 0 aromatic heterocycles. The van der Waals surface area contributed by atoms with Crippen LogP contribution in [0.4, 0.5) is 0 Å². The molecule has 0 atom stereocenters. The lowest BCUT2D eigenvalue weighted by atomic mass is 9.97. The van der Waals surface area contributed by atoms with E-state index in [1.807, 2.05) is 13.8 Å². The quantitative estimate of drug-likeness (QED) is 0.538. The van der Waals surface area contributed by atoms with E-state index >= 15 is 0 Å². The maximum absolute atomic E-state index is 12.1. The topological polar surface area (TPSA) is 29.5 Å². The van der Waals surface area contributed by atoms with Crippen LogP contribution < -0.4 is 0 Å². The van der Waals surface area contributed by atoms with Crippen molar-refractivity contribution >= 4 is 28.3 Å². The summed E-state index contributed by atoms with van der Waals surface area (Å²) in [7, 11) is 0. The van der Waals surface area contributed by atoms with Gasteiger partial charge in [-0.1, -0.05) is 31.2 Å². The molecule has 130 valence electrons. The van der Waals surface area contributed by atoms with E-state index < -0.39 is 0 Å². The lowest BCUT2D eigenvalue weighted by molar-refractivity contribution is -0.136. The summed E-state index contributed by atoms with van der Waals surface area (Å²) < 4.78 is 5.61. The highest BCUT2D eigenvalue weighted by atomic mass is 35.5. The molecule has 0 N–H and O–H groups in total. The highest BCUT2D eigenvalue weighted by Crippen LogP contribution is 2.24. The van der Waals surface area contributed by atoms with Crippen LogP contribution in [0, 0.1) is 6.92 Å². The van der Waals surface area contributed by atoms with E-state index in [0.717, 1.165) is 12.0 Å². The fourth-order valence-electron chi connectivity index (χ4n) is 2.76. The Labute approximate surface area is 149 Å². The van der Waals surface area contributed by atoms with Crippen molar-refractivity contribution in [2.45, 2.75) is 46.8 Å². The van der Waals surface area contributed by atoms with Gasteiger partial charge in [0, 0.05) is 6.54 Å². The third-order valence-electron chi connectivity index (χ3n) is 4.20. The number of aryl methyl sites for hydroxylation is 2. The molecule has 0 fully saturated rings. The van der Waals surface area contributed by atoms with E-state index in [1.54, 1.807) is 4.90 Å². The van der Waals surface area contributed by atoms with Gasteiger partial charge in [-0.2, -0.15) is 0 Å². The Morgan fingerprint density at radius 1 is 1.25 bits per heavy atom. The molecule has 0 spiro atoms. The average Bonchev–Trinajstić information content (AvgIpc) is 2.57. The van der Waals surface area contributed by atoms with Gasteiger partial charge in [0.2, 0.25) is 5.91 Å². The molecule has 0 aliphatic rings. The van der Waals surface area contributed by atoms with Gasteiger partial charge in [0.15, 0.2) is 0 Å². The Kier molecular flexibility index (Phi) is 6.64. The largest absolute Gasteiger partial charge is 0.358 e. The molecule has 2 aromatic rings. The zero-order valence-electron chi connectivity index (χ0n) is 14.9. The van der Waals surface area contributed by atoms with Crippen molar-refractivity contribution in [3.8, 4) is 0 Å². The van der Waals surface area contributed by atoms with Crippen LogP contribution in [0.2, 0.25) is 0 Å². The zero-order chi connectivity index (χ0) is 17.7. The first-order chi connectivity index (χ1) is 11.5. The van der Waals surface area contributed by atoms with Crippen LogP contribution in [0.3, 0.4) is 0 Å². The molecule has 0 saturated carbocycles. The van der Waals surface area contributed by atoms with Crippen molar-refractivity contribution in [2.24, 2.45) is 0 Å². The van der Waals surface area contributed by atoms with E-state index in [4.69, 9.17) is 16.3 Å². The second-order valence-electron chi connectivity index (χ2n) is 6.34. The van der Waals surface area contributed by atoms with E-state index in [0.29, 0.717) is 6.54 Å². The first-order valence-electron chi connectivity index (χ1n) is 8.42. The van der Waals surface area contributed by atoms with Gasteiger partial charge >= 0.3 is 0 Å². The molecular weight excluding hydrogens is 322 g/mol. The number of alkyl halides is 1. The molecule has 0 aliphatic heterocycles. The minimum atomic E-state index is -0.112. The summed E-state index contributed by atoms with van der Waals surface area (Å²) in [6, 6.07) is 10.8. The number of ether oxygens (including phenoxy) is 1. The molecule has 1 amide bonds. The SMILES string of the molecule is CCc1cccc2cc(CN(COC(C)C)C(=O)CCl)c(C)cc12. The number of halogens is 1. The third kappa shape index (κ3) is 4.49. The highest BCUT2D eigenvalue weighted by molar-refractivity contribution is 6.27. The Balaban J connectivity index is 2.32. The summed E-state index contributed by atoms with van der Waals surface area (Å²) >= 11 is 5.76. The Morgan fingerprint density at radius 2 is 2.00 bits per heavy atom. The van der Waals surface area contributed by atoms with Crippen LogP contribution >= 0.6 is 11.6 Å². The number of fused-ring (bicyclic) bond motifs is 1. The molecule has 0 heterocycles. The lowest BCUT2D eigenvalue weighted by Crippen LogP contribution is -2.34. The van der Waals surface area contributed by atoms with Gasteiger partial charge in [-0.05, 0) is 60.7 Å². The summed E-state index contributed by atoms with van der Waals surface area (Å²) in [4.78, 5) is 13.8. The molecule has 24 heavy (non-hydrogen) atoms. The molecule has 0 unspecified atom stereocenters. The minimum Gasteiger partial charge on any atom is -0.358 e. The van der Waals surface area contributed by atoms with Gasteiger partial charge in [0.05, 0.1) is 6.10 Å². The maximum Gasteiger partial charge on any atom is 0.239 e. The summed E-state index contributed by atoms with van der Waals surface area (Å²) in [5, 5.41) is 2.49. The molecule has 4 heteroatoms. The Hall–Kier alpha value is -1.58. The Morgan fingerprint density at radius 3 is 2.62 bits per heavy atom. The van der Waals surface area contributed by atoms with Crippen LogP contribution in [0.1, 0.15) is 37.5 Å². The van der Waals surface area contributed by atoms with Crippen LogP contribution in [-0.4, -0.2) is 29.5 Å². The normalized spacial score (nSPS) is 11.2. The second-order valence-corrected chi connectivity index (χ2v) is 6.61. The standard InChI is InChI=1S/C20H26ClNO2/c1-5-16-7-6-8-17-10-18(15(4)9-19(16)17)12-22(20(23)11-21)13-24-14(2)3/h6-10,14H,5,11-13H2,1-4H3. The first-order valence-corrected chi connectivity index (χ1v) is 8.96. The van der Waals surface area contributed by atoms with Crippen LogP contribution in [0.15, 0.2) is 30.3 Å². The minimum absolute atomic E-state index is 0.0337. The predicted molar refractivity (Wildman–Crippen MR) is 100 cm³/mol. The number of hydrogen-bond acceptors (Lipinski definition) is 2. The molecule has 0 bridgehead atoms. The second kappa shape index (κ2) is 8.50. The molecule has 0 saturated heterocycles. The third-order valence-corrected chi connectivity index (χ3v) is 4.43. The number of carbonyl (C=O) groups excluding carboxylic acids is 1. The summed E-state index contributed by atoms with van der Waals surface area (Å²) in [6.07, 6.45) is 1.08. The van der Waals surface area contributed by atoms with Crippen molar-refractivity contribution in [2.75, 3.05) is 12.6 Å². The van der Waals surface area contributed by atoms with E-state index in [-0.39, 0.29) is 24.6 Å².